The van der Waals surface area contributed by atoms with Crippen molar-refractivity contribution in [3.63, 3.8) is 0 Å². The largest absolute Gasteiger partial charge is 0.0885 e. The van der Waals surface area contributed by atoms with Crippen LogP contribution in [0.5, 0.6) is 0 Å². The van der Waals surface area contributed by atoms with E-state index in [2.05, 4.69) is 45.1 Å². The molecule has 0 radical (unpaired) electrons. The third-order valence-corrected chi connectivity index (χ3v) is 1.20. The lowest BCUT2D eigenvalue weighted by atomic mass is 10.2. The van der Waals surface area contributed by atoms with Gasteiger partial charge in [0, 0.05) is 0 Å². The predicted molar refractivity (Wildman–Crippen MR) is 48.0 cm³/mol. The van der Waals surface area contributed by atoms with Gasteiger partial charge in [0.15, 0.2) is 0 Å². The molecule has 0 aliphatic rings. The Morgan fingerprint density at radius 2 is 1.80 bits per heavy atom. The zero-order valence-electron chi connectivity index (χ0n) is 7.30. The fourth-order valence-corrected chi connectivity index (χ4v) is 0.692. The molecule has 0 amide bonds. The van der Waals surface area contributed by atoms with E-state index in [1.165, 1.54) is 0 Å². The van der Waals surface area contributed by atoms with Gasteiger partial charge in [0.2, 0.25) is 0 Å². The fraction of sp³-hybridized carbons (Fsp3) is 0.600. The van der Waals surface area contributed by atoms with Gasteiger partial charge in [0.1, 0.15) is 0 Å². The lowest BCUT2D eigenvalue weighted by Crippen LogP contribution is -1.75. The van der Waals surface area contributed by atoms with E-state index in [9.17, 15) is 0 Å². The van der Waals surface area contributed by atoms with Crippen molar-refractivity contribution in [1.29, 1.82) is 0 Å². The molecule has 0 aliphatic heterocycles. The highest BCUT2D eigenvalue weighted by Gasteiger charge is 1.79. The first kappa shape index (κ1) is 9.48. The van der Waals surface area contributed by atoms with Crippen LogP contribution in [0.2, 0.25) is 0 Å². The van der Waals surface area contributed by atoms with Crippen LogP contribution in [0.3, 0.4) is 0 Å². The van der Waals surface area contributed by atoms with Crippen molar-refractivity contribution in [3.05, 3.63) is 24.3 Å². The Balaban J connectivity index is 3.26. The highest BCUT2D eigenvalue weighted by molar-refractivity contribution is 4.93. The van der Waals surface area contributed by atoms with E-state index in [4.69, 9.17) is 0 Å². The molecule has 0 unspecified atom stereocenters. The molecule has 0 aliphatic carbocycles. The van der Waals surface area contributed by atoms with E-state index in [0.717, 1.165) is 12.8 Å². The minimum atomic E-state index is 0.690. The van der Waals surface area contributed by atoms with Gasteiger partial charge >= 0.3 is 0 Å². The van der Waals surface area contributed by atoms with E-state index >= 15 is 0 Å². The predicted octanol–water partition coefficient (Wildman–Crippen LogP) is 3.55. The summed E-state index contributed by atoms with van der Waals surface area (Å²) < 4.78 is 0. The standard InChI is InChI=1S/C10H18/c1-4-5-6-7-8-9-10(2)3/h5-6,8-10H,4,7H2,1-3H3/b6-5+,9-8+. The van der Waals surface area contributed by atoms with Crippen LogP contribution in [0.4, 0.5) is 0 Å². The van der Waals surface area contributed by atoms with Crippen molar-refractivity contribution < 1.29 is 0 Å². The molecule has 0 heterocycles. The van der Waals surface area contributed by atoms with Gasteiger partial charge < -0.3 is 0 Å². The number of hydrogen-bond donors (Lipinski definition) is 0. The molecule has 0 atom stereocenters. The van der Waals surface area contributed by atoms with Crippen molar-refractivity contribution in [1.82, 2.24) is 0 Å². The van der Waals surface area contributed by atoms with Crippen LogP contribution in [0.1, 0.15) is 33.6 Å². The molecule has 0 aromatic heterocycles. The van der Waals surface area contributed by atoms with Gasteiger partial charge in [-0.3, -0.25) is 0 Å². The molecule has 0 spiro atoms. The van der Waals surface area contributed by atoms with Crippen molar-refractivity contribution in [2.45, 2.75) is 33.6 Å². The highest BCUT2D eigenvalue weighted by Crippen LogP contribution is 1.96. The van der Waals surface area contributed by atoms with Gasteiger partial charge in [-0.15, -0.1) is 0 Å². The van der Waals surface area contributed by atoms with E-state index in [1.807, 2.05) is 0 Å². The van der Waals surface area contributed by atoms with Crippen molar-refractivity contribution >= 4 is 0 Å². The molecule has 0 fully saturated rings. The SMILES string of the molecule is CC/C=C/C/C=C/C(C)C. The quantitative estimate of drug-likeness (QED) is 0.521. The molecule has 0 N–H and O–H groups in total. The summed E-state index contributed by atoms with van der Waals surface area (Å²) in [5, 5.41) is 0. The van der Waals surface area contributed by atoms with E-state index in [0.29, 0.717) is 5.92 Å². The Morgan fingerprint density at radius 3 is 2.30 bits per heavy atom. The normalized spacial score (nSPS) is 12.4. The summed E-state index contributed by atoms with van der Waals surface area (Å²) in [7, 11) is 0. The third-order valence-electron chi connectivity index (χ3n) is 1.20. The van der Waals surface area contributed by atoms with Crippen molar-refractivity contribution in [2.24, 2.45) is 5.92 Å². The highest BCUT2D eigenvalue weighted by atomic mass is 13.9. The summed E-state index contributed by atoms with van der Waals surface area (Å²) >= 11 is 0. The summed E-state index contributed by atoms with van der Waals surface area (Å²) in [6, 6.07) is 0. The van der Waals surface area contributed by atoms with Crippen molar-refractivity contribution in [2.75, 3.05) is 0 Å². The molecular weight excluding hydrogens is 120 g/mol. The van der Waals surface area contributed by atoms with E-state index < -0.39 is 0 Å². The Morgan fingerprint density at radius 1 is 1.10 bits per heavy atom. The average molecular weight is 138 g/mol. The molecular formula is C10H18. The maximum absolute atomic E-state index is 2.24. The van der Waals surface area contributed by atoms with Crippen LogP contribution in [-0.2, 0) is 0 Å². The second-order valence-corrected chi connectivity index (χ2v) is 2.79. The zero-order chi connectivity index (χ0) is 7.82. The van der Waals surface area contributed by atoms with Gasteiger partial charge in [-0.25, -0.2) is 0 Å². The summed E-state index contributed by atoms with van der Waals surface area (Å²) in [6.07, 6.45) is 11.1. The van der Waals surface area contributed by atoms with Crippen LogP contribution >= 0.6 is 0 Å². The fourth-order valence-electron chi connectivity index (χ4n) is 0.692. The monoisotopic (exact) mass is 138 g/mol. The second kappa shape index (κ2) is 6.60. The molecule has 0 saturated carbocycles. The third kappa shape index (κ3) is 7.48. The lowest BCUT2D eigenvalue weighted by molar-refractivity contribution is 0.828. The minimum absolute atomic E-state index is 0.690. The van der Waals surface area contributed by atoms with Gasteiger partial charge in [0.05, 0.1) is 0 Å². The Kier molecular flexibility index (Phi) is 6.25. The lowest BCUT2D eigenvalue weighted by Gasteiger charge is -1.90. The molecule has 0 heteroatoms. The molecule has 0 aromatic carbocycles. The Bertz CT molecular complexity index is 107. The van der Waals surface area contributed by atoms with E-state index in [-0.39, 0.29) is 0 Å². The first-order valence-electron chi connectivity index (χ1n) is 4.09. The maximum Gasteiger partial charge on any atom is -0.0169 e. The number of hydrogen-bond acceptors (Lipinski definition) is 0. The molecule has 58 valence electrons. The van der Waals surface area contributed by atoms with Crippen LogP contribution in [-0.4, -0.2) is 0 Å². The molecule has 0 bridgehead atoms. The van der Waals surface area contributed by atoms with Crippen molar-refractivity contribution in [3.8, 4) is 0 Å². The summed E-state index contributed by atoms with van der Waals surface area (Å²) in [6.45, 7) is 6.54. The number of rotatable bonds is 4. The summed E-state index contributed by atoms with van der Waals surface area (Å²) in [5.74, 6) is 0.690. The zero-order valence-corrected chi connectivity index (χ0v) is 7.30. The van der Waals surface area contributed by atoms with Gasteiger partial charge in [-0.05, 0) is 18.8 Å². The molecule has 0 aromatic rings. The Labute approximate surface area is 64.6 Å². The summed E-state index contributed by atoms with van der Waals surface area (Å²) in [4.78, 5) is 0. The van der Waals surface area contributed by atoms with Crippen LogP contribution in [0, 0.1) is 5.92 Å². The summed E-state index contributed by atoms with van der Waals surface area (Å²) in [5.41, 5.74) is 0. The van der Waals surface area contributed by atoms with Crippen LogP contribution < -0.4 is 0 Å². The van der Waals surface area contributed by atoms with Crippen LogP contribution in [0.25, 0.3) is 0 Å². The van der Waals surface area contributed by atoms with Gasteiger partial charge in [-0.2, -0.15) is 0 Å². The topological polar surface area (TPSA) is 0 Å². The molecule has 0 saturated heterocycles. The number of allylic oxidation sites excluding steroid dienone is 4. The maximum atomic E-state index is 2.24. The first-order chi connectivity index (χ1) is 4.77. The van der Waals surface area contributed by atoms with Gasteiger partial charge in [-0.1, -0.05) is 45.1 Å². The smallest absolute Gasteiger partial charge is 0.0169 e. The molecule has 0 nitrogen and oxygen atoms in total. The molecule has 0 rings (SSSR count). The average Bonchev–Trinajstić information content (AvgIpc) is 1.87. The first-order valence-corrected chi connectivity index (χ1v) is 4.09. The second-order valence-electron chi connectivity index (χ2n) is 2.79. The van der Waals surface area contributed by atoms with E-state index in [1.54, 1.807) is 0 Å². The Hall–Kier alpha value is -0.520. The minimum Gasteiger partial charge on any atom is -0.0885 e. The van der Waals surface area contributed by atoms with Crippen LogP contribution in [0.15, 0.2) is 24.3 Å². The van der Waals surface area contributed by atoms with Gasteiger partial charge in [0.25, 0.3) is 0 Å². The molecule has 10 heavy (non-hydrogen) atoms.